The largest absolute Gasteiger partial charge is 0.390 e. The minimum Gasteiger partial charge on any atom is -0.390 e. The summed E-state index contributed by atoms with van der Waals surface area (Å²) in [6.45, 7) is 17.1. The van der Waals surface area contributed by atoms with Crippen molar-refractivity contribution in [1.29, 1.82) is 0 Å². The lowest BCUT2D eigenvalue weighted by molar-refractivity contribution is 0.0835. The van der Waals surface area contributed by atoms with Gasteiger partial charge < -0.3 is 5.11 Å². The Hall–Kier alpha value is -0.820. The Kier molecular flexibility index (Phi) is 9.00. The van der Waals surface area contributed by atoms with Crippen LogP contribution in [0.5, 0.6) is 0 Å². The average Bonchev–Trinajstić information content (AvgIpc) is 2.32. The molecule has 0 unspecified atom stereocenters. The molecule has 0 atom stereocenters. The first-order valence-corrected chi connectivity index (χ1v) is 8.58. The molecule has 0 aromatic heterocycles. The lowest BCUT2D eigenvalue weighted by atomic mass is 9.81. The van der Waals surface area contributed by atoms with E-state index in [0.717, 1.165) is 32.1 Å². The van der Waals surface area contributed by atoms with Gasteiger partial charge in [-0.25, -0.2) is 0 Å². The molecule has 1 heteroatoms. The number of hydrogen-bond acceptors (Lipinski definition) is 1. The van der Waals surface area contributed by atoms with Crippen LogP contribution in [-0.4, -0.2) is 10.7 Å². The Balaban J connectivity index is 4.41. The normalized spacial score (nSPS) is 14.2. The van der Waals surface area contributed by atoms with Gasteiger partial charge in [0.1, 0.15) is 0 Å². The molecule has 0 aliphatic rings. The third kappa shape index (κ3) is 12.9. The SMILES string of the molecule is CC(C)=CCCC(C)=CCC(C)(C)CC(C)=CCC(C)(C)O. The van der Waals surface area contributed by atoms with Crippen molar-refractivity contribution >= 4 is 0 Å². The molecular weight excluding hydrogens is 268 g/mol. The number of allylic oxidation sites excluding steroid dienone is 5. The standard InChI is InChI=1S/C21H38O/c1-17(2)10-9-11-18(3)12-14-20(5,6)16-19(4)13-15-21(7,8)22/h10,12-13,22H,9,11,14-16H2,1-8H3. The van der Waals surface area contributed by atoms with Gasteiger partial charge >= 0.3 is 0 Å². The van der Waals surface area contributed by atoms with Crippen molar-refractivity contribution < 1.29 is 5.11 Å². The Morgan fingerprint density at radius 1 is 0.818 bits per heavy atom. The minimum atomic E-state index is -0.604. The lowest BCUT2D eigenvalue weighted by Gasteiger charge is -2.24. The second kappa shape index (κ2) is 9.35. The third-order valence-corrected chi connectivity index (χ3v) is 3.80. The summed E-state index contributed by atoms with van der Waals surface area (Å²) in [5.41, 5.74) is 3.94. The molecule has 0 amide bonds. The van der Waals surface area contributed by atoms with E-state index in [-0.39, 0.29) is 5.41 Å². The van der Waals surface area contributed by atoms with Gasteiger partial charge in [-0.15, -0.1) is 0 Å². The fraction of sp³-hybridized carbons (Fsp3) is 0.714. The first-order valence-electron chi connectivity index (χ1n) is 8.58. The Bertz CT molecular complexity index is 410. The fourth-order valence-electron chi connectivity index (χ4n) is 2.46. The average molecular weight is 307 g/mol. The van der Waals surface area contributed by atoms with Gasteiger partial charge in [0.15, 0.2) is 0 Å². The zero-order valence-corrected chi connectivity index (χ0v) is 16.2. The topological polar surface area (TPSA) is 20.2 Å². The van der Waals surface area contributed by atoms with Crippen molar-refractivity contribution in [2.24, 2.45) is 5.41 Å². The molecule has 22 heavy (non-hydrogen) atoms. The van der Waals surface area contributed by atoms with Crippen LogP contribution in [0.25, 0.3) is 0 Å². The van der Waals surface area contributed by atoms with Crippen molar-refractivity contribution in [2.75, 3.05) is 0 Å². The van der Waals surface area contributed by atoms with Gasteiger partial charge in [0.25, 0.3) is 0 Å². The quantitative estimate of drug-likeness (QED) is 0.476. The highest BCUT2D eigenvalue weighted by Gasteiger charge is 2.18. The molecular formula is C21H38O. The molecule has 0 rings (SSSR count). The molecule has 0 aromatic carbocycles. The molecule has 0 saturated carbocycles. The first kappa shape index (κ1) is 21.2. The van der Waals surface area contributed by atoms with Crippen LogP contribution in [0.1, 0.15) is 87.5 Å². The summed E-state index contributed by atoms with van der Waals surface area (Å²) in [6, 6.07) is 0. The van der Waals surface area contributed by atoms with E-state index < -0.39 is 5.60 Å². The van der Waals surface area contributed by atoms with Crippen molar-refractivity contribution in [3.63, 3.8) is 0 Å². The van der Waals surface area contributed by atoms with Crippen LogP contribution in [-0.2, 0) is 0 Å². The summed E-state index contributed by atoms with van der Waals surface area (Å²) in [5, 5.41) is 9.80. The van der Waals surface area contributed by atoms with Crippen LogP contribution in [0.2, 0.25) is 0 Å². The summed E-state index contributed by atoms with van der Waals surface area (Å²) in [4.78, 5) is 0. The highest BCUT2D eigenvalue weighted by Crippen LogP contribution is 2.31. The first-order chi connectivity index (χ1) is 9.91. The van der Waals surface area contributed by atoms with Crippen LogP contribution in [0, 0.1) is 5.41 Å². The summed E-state index contributed by atoms with van der Waals surface area (Å²) in [7, 11) is 0. The highest BCUT2D eigenvalue weighted by molar-refractivity contribution is 5.07. The highest BCUT2D eigenvalue weighted by atomic mass is 16.3. The van der Waals surface area contributed by atoms with Crippen molar-refractivity contribution in [2.45, 2.75) is 93.1 Å². The second-order valence-corrected chi connectivity index (χ2v) is 8.48. The molecule has 0 fully saturated rings. The van der Waals surface area contributed by atoms with Gasteiger partial charge in [-0.1, -0.05) is 48.8 Å². The van der Waals surface area contributed by atoms with Crippen LogP contribution in [0.4, 0.5) is 0 Å². The molecule has 0 heterocycles. The maximum atomic E-state index is 9.80. The van der Waals surface area contributed by atoms with Crippen LogP contribution in [0.15, 0.2) is 34.9 Å². The molecule has 1 nitrogen and oxygen atoms in total. The molecule has 0 spiro atoms. The van der Waals surface area contributed by atoms with E-state index in [0.29, 0.717) is 0 Å². The number of aliphatic hydroxyl groups is 1. The van der Waals surface area contributed by atoms with Crippen molar-refractivity contribution in [3.05, 3.63) is 34.9 Å². The van der Waals surface area contributed by atoms with Gasteiger partial charge in [0.05, 0.1) is 5.60 Å². The summed E-state index contributed by atoms with van der Waals surface area (Å²) in [5.74, 6) is 0. The van der Waals surface area contributed by atoms with Gasteiger partial charge in [-0.2, -0.15) is 0 Å². The van der Waals surface area contributed by atoms with Crippen LogP contribution < -0.4 is 0 Å². The van der Waals surface area contributed by atoms with E-state index in [4.69, 9.17) is 0 Å². The van der Waals surface area contributed by atoms with Gasteiger partial charge in [0, 0.05) is 0 Å². The van der Waals surface area contributed by atoms with E-state index in [1.54, 1.807) is 0 Å². The predicted molar refractivity (Wildman–Crippen MR) is 100 cm³/mol. The minimum absolute atomic E-state index is 0.276. The van der Waals surface area contributed by atoms with E-state index in [1.165, 1.54) is 16.7 Å². The number of hydrogen-bond donors (Lipinski definition) is 1. The lowest BCUT2D eigenvalue weighted by Crippen LogP contribution is -2.17. The Morgan fingerprint density at radius 3 is 1.86 bits per heavy atom. The van der Waals surface area contributed by atoms with Crippen LogP contribution >= 0.6 is 0 Å². The summed E-state index contributed by atoms with van der Waals surface area (Å²) < 4.78 is 0. The zero-order valence-electron chi connectivity index (χ0n) is 16.2. The monoisotopic (exact) mass is 306 g/mol. The Morgan fingerprint density at radius 2 is 1.36 bits per heavy atom. The smallest absolute Gasteiger partial charge is 0.0626 e. The van der Waals surface area contributed by atoms with Crippen molar-refractivity contribution in [3.8, 4) is 0 Å². The predicted octanol–water partition coefficient (Wildman–Crippen LogP) is 6.59. The zero-order chi connectivity index (χ0) is 17.4. The van der Waals surface area contributed by atoms with E-state index in [1.807, 2.05) is 13.8 Å². The molecule has 0 bridgehead atoms. The van der Waals surface area contributed by atoms with E-state index in [2.05, 4.69) is 59.8 Å². The van der Waals surface area contributed by atoms with Crippen molar-refractivity contribution in [1.82, 2.24) is 0 Å². The Labute approximate surface area is 139 Å². The number of rotatable bonds is 9. The maximum Gasteiger partial charge on any atom is 0.0626 e. The van der Waals surface area contributed by atoms with E-state index in [9.17, 15) is 5.11 Å². The molecule has 0 radical (unpaired) electrons. The molecule has 0 saturated heterocycles. The summed E-state index contributed by atoms with van der Waals surface area (Å²) in [6.07, 6.45) is 12.1. The molecule has 128 valence electrons. The fourth-order valence-corrected chi connectivity index (χ4v) is 2.46. The van der Waals surface area contributed by atoms with Gasteiger partial charge in [-0.05, 0) is 79.1 Å². The molecule has 1 N–H and O–H groups in total. The third-order valence-electron chi connectivity index (χ3n) is 3.80. The molecule has 0 aliphatic heterocycles. The van der Waals surface area contributed by atoms with E-state index >= 15 is 0 Å². The van der Waals surface area contributed by atoms with Gasteiger partial charge in [0.2, 0.25) is 0 Å². The molecule has 0 aromatic rings. The maximum absolute atomic E-state index is 9.80. The second-order valence-electron chi connectivity index (χ2n) is 8.48. The van der Waals surface area contributed by atoms with Gasteiger partial charge in [-0.3, -0.25) is 0 Å². The summed E-state index contributed by atoms with van der Waals surface area (Å²) >= 11 is 0. The molecule has 0 aliphatic carbocycles. The van der Waals surface area contributed by atoms with Crippen LogP contribution in [0.3, 0.4) is 0 Å².